The van der Waals surface area contributed by atoms with Gasteiger partial charge in [-0.1, -0.05) is 48.5 Å². The van der Waals surface area contributed by atoms with E-state index in [0.717, 1.165) is 5.56 Å². The number of nitrogens with one attached hydrogen (secondary N) is 1. The van der Waals surface area contributed by atoms with Crippen molar-refractivity contribution in [3.63, 3.8) is 0 Å². The molecule has 0 saturated carbocycles. The molecule has 5 rings (SSSR count). The number of methoxy groups -OCH3 is 1. The van der Waals surface area contributed by atoms with E-state index in [4.69, 9.17) is 9.47 Å². The number of H-pyrrole nitrogens is 1. The number of fused-ring (bicyclic) bond motifs is 1. The third-order valence-corrected chi connectivity index (χ3v) is 6.98. The van der Waals surface area contributed by atoms with Crippen LogP contribution in [0.2, 0.25) is 0 Å². The van der Waals surface area contributed by atoms with Crippen LogP contribution in [0.1, 0.15) is 40.1 Å². The highest BCUT2D eigenvalue weighted by Crippen LogP contribution is 2.37. The zero-order valence-corrected chi connectivity index (χ0v) is 22.1. The second-order valence-electron chi connectivity index (χ2n) is 9.84. The van der Waals surface area contributed by atoms with Gasteiger partial charge in [0.2, 0.25) is 5.88 Å². The number of aromatic amines is 1. The minimum Gasteiger partial charge on any atom is -0.481 e. The fraction of sp³-hybridized carbons (Fsp3) is 0.267. The summed E-state index contributed by atoms with van der Waals surface area (Å²) >= 11 is 0. The van der Waals surface area contributed by atoms with Crippen LogP contribution in [-0.2, 0) is 10.4 Å². The van der Waals surface area contributed by atoms with Crippen LogP contribution in [0.5, 0.6) is 11.6 Å². The van der Waals surface area contributed by atoms with Crippen LogP contribution < -0.4 is 9.47 Å². The van der Waals surface area contributed by atoms with Crippen molar-refractivity contribution in [1.29, 1.82) is 0 Å². The average Bonchev–Trinajstić information content (AvgIpc) is 3.43. The number of rotatable bonds is 7. The predicted molar refractivity (Wildman–Crippen MR) is 146 cm³/mol. The number of benzene rings is 2. The number of piperazine rings is 1. The van der Waals surface area contributed by atoms with Gasteiger partial charge >= 0.3 is 0 Å². The van der Waals surface area contributed by atoms with Crippen LogP contribution in [0.4, 0.5) is 0 Å². The summed E-state index contributed by atoms with van der Waals surface area (Å²) in [6, 6.07) is 18.7. The van der Waals surface area contributed by atoms with E-state index in [1.165, 1.54) is 24.4 Å². The molecule has 2 amide bonds. The number of hydrogen-bond acceptors (Lipinski definition) is 6. The number of pyridine rings is 1. The summed E-state index contributed by atoms with van der Waals surface area (Å²) in [6.45, 7) is 5.07. The lowest BCUT2D eigenvalue weighted by Gasteiger charge is -2.34. The standard InChI is InChI=1S/C30H30N4O5/c1-30(2,21-12-8-5-9-13-21)39-23-19-32-27(38-3)25-24(23)22(18-31-25)26(35)29(37)34-16-14-33(15-17-34)28(36)20-10-6-4-7-11-20/h4-13,18-19,31H,14-17H2,1-3H3. The van der Waals surface area contributed by atoms with E-state index >= 15 is 0 Å². The largest absolute Gasteiger partial charge is 0.481 e. The van der Waals surface area contributed by atoms with Crippen LogP contribution in [0, 0.1) is 0 Å². The van der Waals surface area contributed by atoms with Gasteiger partial charge < -0.3 is 24.3 Å². The molecule has 1 N–H and O–H groups in total. The van der Waals surface area contributed by atoms with Crippen molar-refractivity contribution in [2.75, 3.05) is 33.3 Å². The molecule has 1 aliphatic heterocycles. The van der Waals surface area contributed by atoms with E-state index in [1.807, 2.05) is 62.4 Å². The second kappa shape index (κ2) is 10.6. The van der Waals surface area contributed by atoms with Crippen LogP contribution in [0.25, 0.3) is 10.9 Å². The number of amides is 2. The molecule has 0 aliphatic carbocycles. The Kier molecular flexibility index (Phi) is 7.06. The fourth-order valence-electron chi connectivity index (χ4n) is 4.81. The molecule has 1 fully saturated rings. The van der Waals surface area contributed by atoms with Gasteiger partial charge in [0.05, 0.1) is 24.3 Å². The molecule has 0 spiro atoms. The maximum absolute atomic E-state index is 13.5. The van der Waals surface area contributed by atoms with Crippen LogP contribution in [0.15, 0.2) is 73.1 Å². The Bertz CT molecular complexity index is 1510. The van der Waals surface area contributed by atoms with Crippen molar-refractivity contribution in [2.24, 2.45) is 0 Å². The van der Waals surface area contributed by atoms with E-state index in [0.29, 0.717) is 35.3 Å². The molecule has 1 saturated heterocycles. The number of ether oxygens (including phenoxy) is 2. The number of hydrogen-bond donors (Lipinski definition) is 1. The maximum Gasteiger partial charge on any atom is 0.295 e. The topological polar surface area (TPSA) is 105 Å². The van der Waals surface area contributed by atoms with Crippen LogP contribution >= 0.6 is 0 Å². The first-order valence-electron chi connectivity index (χ1n) is 12.8. The number of Topliss-reactive ketones (excluding diaryl/α,β-unsaturated/α-hetero) is 1. The first kappa shape index (κ1) is 26.0. The van der Waals surface area contributed by atoms with E-state index in [9.17, 15) is 14.4 Å². The Balaban J connectivity index is 1.38. The molecule has 0 radical (unpaired) electrons. The van der Waals surface area contributed by atoms with E-state index in [2.05, 4.69) is 9.97 Å². The molecule has 9 heteroatoms. The number of nitrogens with zero attached hydrogens (tertiary/aromatic N) is 3. The Morgan fingerprint density at radius 3 is 2.15 bits per heavy atom. The minimum atomic E-state index is -0.742. The molecule has 2 aromatic carbocycles. The lowest BCUT2D eigenvalue weighted by Crippen LogP contribution is -2.52. The van der Waals surface area contributed by atoms with Crippen molar-refractivity contribution in [1.82, 2.24) is 19.8 Å². The normalized spacial score (nSPS) is 13.8. The summed E-state index contributed by atoms with van der Waals surface area (Å²) < 4.78 is 11.8. The van der Waals surface area contributed by atoms with Gasteiger partial charge in [0.25, 0.3) is 17.6 Å². The zero-order valence-electron chi connectivity index (χ0n) is 22.1. The highest BCUT2D eigenvalue weighted by molar-refractivity contribution is 6.45. The first-order chi connectivity index (χ1) is 18.8. The van der Waals surface area contributed by atoms with Gasteiger partial charge in [-0.3, -0.25) is 14.4 Å². The number of ketones is 1. The Labute approximate surface area is 226 Å². The van der Waals surface area contributed by atoms with Gasteiger partial charge in [0, 0.05) is 37.9 Å². The summed E-state index contributed by atoms with van der Waals surface area (Å²) in [5, 5.41) is 0.432. The Morgan fingerprint density at radius 2 is 1.51 bits per heavy atom. The van der Waals surface area contributed by atoms with E-state index in [-0.39, 0.29) is 30.4 Å². The fourth-order valence-corrected chi connectivity index (χ4v) is 4.81. The molecular weight excluding hydrogens is 496 g/mol. The highest BCUT2D eigenvalue weighted by atomic mass is 16.5. The Hall–Kier alpha value is -4.66. The van der Waals surface area contributed by atoms with Gasteiger partial charge in [0.1, 0.15) is 16.9 Å². The highest BCUT2D eigenvalue weighted by Gasteiger charge is 2.32. The third-order valence-electron chi connectivity index (χ3n) is 6.98. The minimum absolute atomic E-state index is 0.0897. The average molecular weight is 527 g/mol. The maximum atomic E-state index is 13.5. The lowest BCUT2D eigenvalue weighted by atomic mass is 9.98. The van der Waals surface area contributed by atoms with E-state index < -0.39 is 17.3 Å². The summed E-state index contributed by atoms with van der Waals surface area (Å²) in [5.74, 6) is -0.746. The van der Waals surface area contributed by atoms with Crippen LogP contribution in [-0.4, -0.2) is 70.7 Å². The first-order valence-corrected chi connectivity index (χ1v) is 12.8. The molecule has 0 unspecified atom stereocenters. The molecule has 4 aromatic rings. The number of aromatic nitrogens is 2. The van der Waals surface area contributed by atoms with Crippen LogP contribution in [0.3, 0.4) is 0 Å². The molecule has 2 aromatic heterocycles. The van der Waals surface area contributed by atoms with Crippen molar-refractivity contribution in [3.05, 3.63) is 89.7 Å². The third kappa shape index (κ3) is 5.07. The zero-order chi connectivity index (χ0) is 27.6. The molecule has 200 valence electrons. The molecular formula is C30H30N4O5. The summed E-state index contributed by atoms with van der Waals surface area (Å²) in [7, 11) is 1.49. The van der Waals surface area contributed by atoms with Crippen molar-refractivity contribution < 1.29 is 23.9 Å². The monoisotopic (exact) mass is 526 g/mol. The summed E-state index contributed by atoms with van der Waals surface area (Å²) in [4.78, 5) is 50.2. The van der Waals surface area contributed by atoms with E-state index in [1.54, 1.807) is 17.0 Å². The quantitative estimate of drug-likeness (QED) is 0.288. The number of carbonyl (C=O) groups is 3. The molecule has 39 heavy (non-hydrogen) atoms. The molecule has 0 atom stereocenters. The lowest BCUT2D eigenvalue weighted by molar-refractivity contribution is -0.127. The summed E-state index contributed by atoms with van der Waals surface area (Å²) in [5.41, 5.74) is 1.44. The second-order valence-corrected chi connectivity index (χ2v) is 9.84. The van der Waals surface area contributed by atoms with Gasteiger partial charge in [-0.05, 0) is 31.5 Å². The number of carbonyl (C=O) groups excluding carboxylic acids is 3. The predicted octanol–water partition coefficient (Wildman–Crippen LogP) is 4.05. The summed E-state index contributed by atoms with van der Waals surface area (Å²) in [6.07, 6.45) is 3.00. The van der Waals surface area contributed by atoms with Gasteiger partial charge in [-0.2, -0.15) is 0 Å². The van der Waals surface area contributed by atoms with Gasteiger partial charge in [0.15, 0.2) is 0 Å². The van der Waals surface area contributed by atoms with Gasteiger partial charge in [-0.15, -0.1) is 0 Å². The molecule has 3 heterocycles. The van der Waals surface area contributed by atoms with Crippen molar-refractivity contribution in [3.8, 4) is 11.6 Å². The SMILES string of the molecule is COc1ncc(OC(C)(C)c2ccccc2)c2c(C(=O)C(=O)N3CCN(C(=O)c4ccccc4)CC3)c[nH]c12. The molecule has 0 bridgehead atoms. The molecule has 1 aliphatic rings. The van der Waals surface area contributed by atoms with Crippen molar-refractivity contribution in [2.45, 2.75) is 19.4 Å². The smallest absolute Gasteiger partial charge is 0.295 e. The Morgan fingerprint density at radius 1 is 0.897 bits per heavy atom. The van der Waals surface area contributed by atoms with Crippen molar-refractivity contribution >= 4 is 28.5 Å². The molecule has 9 nitrogen and oxygen atoms in total. The van der Waals surface area contributed by atoms with Gasteiger partial charge in [-0.25, -0.2) is 4.98 Å².